The van der Waals surface area contributed by atoms with Crippen molar-refractivity contribution in [2.45, 2.75) is 38.1 Å². The van der Waals surface area contributed by atoms with Crippen molar-refractivity contribution in [1.29, 1.82) is 0 Å². The number of fused-ring (bicyclic) bond motifs is 1. The van der Waals surface area contributed by atoms with Crippen LogP contribution in [0.3, 0.4) is 0 Å². The lowest BCUT2D eigenvalue weighted by Gasteiger charge is -2.33. The highest BCUT2D eigenvalue weighted by Gasteiger charge is 2.32. The maximum atomic E-state index is 12.3. The number of rotatable bonds is 3. The van der Waals surface area contributed by atoms with Gasteiger partial charge in [-0.25, -0.2) is 4.98 Å². The van der Waals surface area contributed by atoms with E-state index in [1.165, 1.54) is 18.2 Å². The minimum Gasteiger partial charge on any atom is -0.440 e. The van der Waals surface area contributed by atoms with Gasteiger partial charge in [-0.2, -0.15) is 0 Å². The molecule has 2 heterocycles. The van der Waals surface area contributed by atoms with E-state index in [1.54, 1.807) is 4.90 Å². The number of benzene rings is 1. The summed E-state index contributed by atoms with van der Waals surface area (Å²) in [5.41, 5.74) is 0.698. The molecule has 3 rings (SSSR count). The fourth-order valence-electron chi connectivity index (χ4n) is 2.78. The molecule has 1 fully saturated rings. The minimum absolute atomic E-state index is 0.0595. The van der Waals surface area contributed by atoms with E-state index in [0.29, 0.717) is 23.5 Å². The zero-order valence-electron chi connectivity index (χ0n) is 12.3. The Morgan fingerprint density at radius 2 is 2.17 bits per heavy atom. The molecule has 1 aromatic heterocycles. The summed E-state index contributed by atoms with van der Waals surface area (Å²) in [5.74, 6) is 0.0373. The van der Waals surface area contributed by atoms with Crippen LogP contribution in [0.1, 0.15) is 31.6 Å². The molecule has 0 spiro atoms. The van der Waals surface area contributed by atoms with Gasteiger partial charge in [-0.15, -0.1) is 13.2 Å². The van der Waals surface area contributed by atoms with Crippen molar-refractivity contribution in [3.8, 4) is 5.75 Å². The van der Waals surface area contributed by atoms with Crippen molar-refractivity contribution in [3.05, 3.63) is 24.1 Å². The number of hydrogen-bond acceptors (Lipinski definition) is 4. The molecule has 0 radical (unpaired) electrons. The Morgan fingerprint density at radius 3 is 2.87 bits per heavy atom. The monoisotopic (exact) mass is 328 g/mol. The Hall–Kier alpha value is -2.25. The van der Waals surface area contributed by atoms with Gasteiger partial charge >= 0.3 is 6.36 Å². The summed E-state index contributed by atoms with van der Waals surface area (Å²) in [7, 11) is 0. The average Bonchev–Trinajstić information content (AvgIpc) is 2.89. The maximum absolute atomic E-state index is 12.3. The third-order valence-electron chi connectivity index (χ3n) is 4.02. The van der Waals surface area contributed by atoms with Crippen LogP contribution in [0.25, 0.3) is 11.1 Å². The first-order valence-corrected chi connectivity index (χ1v) is 7.23. The van der Waals surface area contributed by atoms with E-state index in [0.717, 1.165) is 19.3 Å². The average molecular weight is 328 g/mol. The molecule has 0 aliphatic carbocycles. The number of amides is 1. The molecule has 2 atom stereocenters. The number of likely N-dealkylation sites (tertiary alicyclic amines) is 1. The fourth-order valence-corrected chi connectivity index (χ4v) is 2.78. The molecule has 0 unspecified atom stereocenters. The summed E-state index contributed by atoms with van der Waals surface area (Å²) in [4.78, 5) is 17.0. The SMILES string of the molecule is C[C@@H]1CC[C@@H](c2nc3cc(OC(F)(F)F)ccc3o2)CN1C=O. The lowest BCUT2D eigenvalue weighted by atomic mass is 9.94. The van der Waals surface area contributed by atoms with Crippen LogP contribution in [0.4, 0.5) is 13.2 Å². The lowest BCUT2D eigenvalue weighted by Crippen LogP contribution is -2.39. The molecule has 8 heteroatoms. The molecule has 1 saturated heterocycles. The van der Waals surface area contributed by atoms with Crippen LogP contribution >= 0.6 is 0 Å². The van der Waals surface area contributed by atoms with E-state index in [-0.39, 0.29) is 17.7 Å². The van der Waals surface area contributed by atoms with Crippen LogP contribution in [-0.2, 0) is 4.79 Å². The van der Waals surface area contributed by atoms with Gasteiger partial charge in [0.1, 0.15) is 11.3 Å². The normalized spacial score (nSPS) is 22.3. The Balaban J connectivity index is 1.84. The number of alkyl halides is 3. The molecule has 0 saturated carbocycles. The first-order chi connectivity index (χ1) is 10.9. The standard InChI is InChI=1S/C15H15F3N2O3/c1-9-2-3-10(7-20(9)8-21)14-19-12-6-11(23-15(16,17)18)4-5-13(12)22-14/h4-6,8-10H,2-3,7H2,1H3/t9-,10-/m1/s1. The van der Waals surface area contributed by atoms with Gasteiger partial charge in [0, 0.05) is 18.7 Å². The zero-order chi connectivity index (χ0) is 16.6. The summed E-state index contributed by atoms with van der Waals surface area (Å²) < 4.78 is 46.3. The predicted octanol–water partition coefficient (Wildman–Crippen LogP) is 3.45. The smallest absolute Gasteiger partial charge is 0.440 e. The Bertz CT molecular complexity index is 714. The second-order valence-electron chi connectivity index (χ2n) is 5.65. The number of carbonyl (C=O) groups is 1. The van der Waals surface area contributed by atoms with Crippen molar-refractivity contribution in [3.63, 3.8) is 0 Å². The van der Waals surface area contributed by atoms with Gasteiger partial charge in [-0.05, 0) is 31.9 Å². The number of carbonyl (C=O) groups excluding carboxylic acids is 1. The number of hydrogen-bond donors (Lipinski definition) is 0. The number of nitrogens with zero attached hydrogens (tertiary/aromatic N) is 2. The lowest BCUT2D eigenvalue weighted by molar-refractivity contribution is -0.274. The molecular formula is C15H15F3N2O3. The van der Waals surface area contributed by atoms with Crippen molar-refractivity contribution in [2.75, 3.05) is 6.54 Å². The minimum atomic E-state index is -4.75. The Kier molecular flexibility index (Phi) is 3.91. The van der Waals surface area contributed by atoms with Crippen molar-refractivity contribution >= 4 is 17.5 Å². The number of halogens is 3. The highest BCUT2D eigenvalue weighted by Crippen LogP contribution is 2.32. The summed E-state index contributed by atoms with van der Waals surface area (Å²) in [6.45, 7) is 2.46. The van der Waals surface area contributed by atoms with E-state index < -0.39 is 6.36 Å². The molecule has 0 N–H and O–H groups in total. The van der Waals surface area contributed by atoms with E-state index >= 15 is 0 Å². The molecule has 1 aliphatic heterocycles. The van der Waals surface area contributed by atoms with Gasteiger partial charge in [-0.1, -0.05) is 0 Å². The summed E-state index contributed by atoms with van der Waals surface area (Å²) in [6, 6.07) is 3.94. The Morgan fingerprint density at radius 1 is 1.39 bits per heavy atom. The quantitative estimate of drug-likeness (QED) is 0.810. The summed E-state index contributed by atoms with van der Waals surface area (Å²) >= 11 is 0. The van der Waals surface area contributed by atoms with Gasteiger partial charge in [0.25, 0.3) is 0 Å². The van der Waals surface area contributed by atoms with Crippen LogP contribution in [0.5, 0.6) is 5.75 Å². The largest absolute Gasteiger partial charge is 0.573 e. The molecule has 1 amide bonds. The fraction of sp³-hybridized carbons (Fsp3) is 0.467. The topological polar surface area (TPSA) is 55.6 Å². The molecule has 1 aliphatic rings. The van der Waals surface area contributed by atoms with E-state index in [1.807, 2.05) is 6.92 Å². The van der Waals surface area contributed by atoms with Crippen molar-refractivity contribution in [1.82, 2.24) is 9.88 Å². The first-order valence-electron chi connectivity index (χ1n) is 7.23. The summed E-state index contributed by atoms with van der Waals surface area (Å²) in [5, 5.41) is 0. The van der Waals surface area contributed by atoms with E-state index in [9.17, 15) is 18.0 Å². The van der Waals surface area contributed by atoms with Crippen molar-refractivity contribution in [2.24, 2.45) is 0 Å². The van der Waals surface area contributed by atoms with Gasteiger partial charge < -0.3 is 14.1 Å². The molecule has 1 aromatic carbocycles. The number of piperidine rings is 1. The van der Waals surface area contributed by atoms with Gasteiger partial charge in [-0.3, -0.25) is 4.79 Å². The van der Waals surface area contributed by atoms with Crippen LogP contribution < -0.4 is 4.74 Å². The highest BCUT2D eigenvalue weighted by atomic mass is 19.4. The van der Waals surface area contributed by atoms with Crippen LogP contribution in [-0.4, -0.2) is 35.2 Å². The van der Waals surface area contributed by atoms with Crippen LogP contribution in [0, 0.1) is 0 Å². The number of aromatic nitrogens is 1. The van der Waals surface area contributed by atoms with Gasteiger partial charge in [0.05, 0.1) is 5.92 Å². The van der Waals surface area contributed by atoms with Crippen molar-refractivity contribution < 1.29 is 27.1 Å². The van der Waals surface area contributed by atoms with Gasteiger partial charge in [0.2, 0.25) is 6.41 Å². The van der Waals surface area contributed by atoms with Gasteiger partial charge in [0.15, 0.2) is 11.5 Å². The summed E-state index contributed by atoms with van der Waals surface area (Å²) in [6.07, 6.45) is -2.31. The third-order valence-corrected chi connectivity index (χ3v) is 4.02. The van der Waals surface area contributed by atoms with Crippen LogP contribution in [0.15, 0.2) is 22.6 Å². The molecule has 5 nitrogen and oxygen atoms in total. The zero-order valence-corrected chi connectivity index (χ0v) is 12.3. The second-order valence-corrected chi connectivity index (χ2v) is 5.65. The molecule has 124 valence electrons. The van der Waals surface area contributed by atoms with Crippen LogP contribution in [0.2, 0.25) is 0 Å². The Labute approximate surface area is 130 Å². The number of ether oxygens (including phenoxy) is 1. The second kappa shape index (κ2) is 5.75. The molecule has 0 bridgehead atoms. The molecular weight excluding hydrogens is 313 g/mol. The first kappa shape index (κ1) is 15.6. The molecule has 2 aromatic rings. The van der Waals surface area contributed by atoms with E-state index in [2.05, 4.69) is 9.72 Å². The number of oxazole rings is 1. The third kappa shape index (κ3) is 3.40. The van der Waals surface area contributed by atoms with E-state index in [4.69, 9.17) is 4.42 Å². The predicted molar refractivity (Wildman–Crippen MR) is 74.9 cm³/mol. The highest BCUT2D eigenvalue weighted by molar-refractivity contribution is 5.74. The maximum Gasteiger partial charge on any atom is 0.573 e. The molecule has 23 heavy (non-hydrogen) atoms.